The molecule has 0 atom stereocenters. The summed E-state index contributed by atoms with van der Waals surface area (Å²) in [6.45, 7) is 1.78. The Morgan fingerprint density at radius 3 is 2.30 bits per heavy atom. The van der Waals surface area contributed by atoms with E-state index in [1.54, 1.807) is 25.4 Å². The van der Waals surface area contributed by atoms with E-state index >= 15 is 0 Å². The first kappa shape index (κ1) is 19.1. The maximum atomic E-state index is 12.8. The molecule has 1 aromatic carbocycles. The van der Waals surface area contributed by atoms with Crippen LogP contribution in [0.4, 0.5) is 5.82 Å². The summed E-state index contributed by atoms with van der Waals surface area (Å²) in [5, 5.41) is 8.80. The van der Waals surface area contributed by atoms with Crippen molar-refractivity contribution in [1.82, 2.24) is 9.29 Å². The minimum absolute atomic E-state index is 0.131. The fourth-order valence-corrected chi connectivity index (χ4v) is 4.36. The van der Waals surface area contributed by atoms with Gasteiger partial charge in [-0.2, -0.15) is 4.31 Å². The number of nitrogens with zero attached hydrogens (tertiary/aromatic N) is 3. The summed E-state index contributed by atoms with van der Waals surface area (Å²) < 4.78 is 32.2. The SMILES string of the molecule is COc1ccc(N2CCN(S(=O)(=O)c3ccc(CC(=O)O)cc3)CC2)nc1. The van der Waals surface area contributed by atoms with Gasteiger partial charge in [-0.05, 0) is 29.8 Å². The smallest absolute Gasteiger partial charge is 0.307 e. The van der Waals surface area contributed by atoms with Gasteiger partial charge in [0.15, 0.2) is 0 Å². The van der Waals surface area contributed by atoms with Crippen LogP contribution in [0.15, 0.2) is 47.5 Å². The van der Waals surface area contributed by atoms with Crippen LogP contribution in [0.5, 0.6) is 5.75 Å². The van der Waals surface area contributed by atoms with Crippen LogP contribution in [0.1, 0.15) is 5.56 Å². The molecule has 1 N–H and O–H groups in total. The molecule has 27 heavy (non-hydrogen) atoms. The maximum Gasteiger partial charge on any atom is 0.307 e. The number of aromatic nitrogens is 1. The molecule has 2 heterocycles. The molecule has 0 bridgehead atoms. The van der Waals surface area contributed by atoms with Crippen molar-refractivity contribution in [2.24, 2.45) is 0 Å². The lowest BCUT2D eigenvalue weighted by Crippen LogP contribution is -2.48. The van der Waals surface area contributed by atoms with Crippen LogP contribution >= 0.6 is 0 Å². The van der Waals surface area contributed by atoms with Crippen LogP contribution in [-0.4, -0.2) is 62.1 Å². The number of ether oxygens (including phenoxy) is 1. The highest BCUT2D eigenvalue weighted by atomic mass is 32.2. The topological polar surface area (TPSA) is 100 Å². The van der Waals surface area contributed by atoms with Gasteiger partial charge in [0.25, 0.3) is 0 Å². The van der Waals surface area contributed by atoms with Gasteiger partial charge in [0, 0.05) is 26.2 Å². The van der Waals surface area contributed by atoms with Crippen LogP contribution in [-0.2, 0) is 21.2 Å². The molecule has 3 rings (SSSR count). The van der Waals surface area contributed by atoms with Gasteiger partial charge < -0.3 is 14.7 Å². The third-order valence-electron chi connectivity index (χ3n) is 4.44. The Morgan fingerprint density at radius 2 is 1.78 bits per heavy atom. The Morgan fingerprint density at radius 1 is 1.11 bits per heavy atom. The lowest BCUT2D eigenvalue weighted by atomic mass is 10.2. The summed E-state index contributed by atoms with van der Waals surface area (Å²) in [6.07, 6.45) is 1.50. The van der Waals surface area contributed by atoms with E-state index in [0.717, 1.165) is 5.82 Å². The van der Waals surface area contributed by atoms with Crippen molar-refractivity contribution in [2.45, 2.75) is 11.3 Å². The molecule has 0 radical (unpaired) electrons. The van der Waals surface area contributed by atoms with Gasteiger partial charge in [-0.25, -0.2) is 13.4 Å². The Labute approximate surface area is 158 Å². The average Bonchev–Trinajstić information content (AvgIpc) is 2.68. The quantitative estimate of drug-likeness (QED) is 0.790. The van der Waals surface area contributed by atoms with Crippen LogP contribution in [0.2, 0.25) is 0 Å². The fraction of sp³-hybridized carbons (Fsp3) is 0.333. The van der Waals surface area contributed by atoms with E-state index in [4.69, 9.17) is 9.84 Å². The molecular weight excluding hydrogens is 370 g/mol. The normalized spacial score (nSPS) is 15.5. The van der Waals surface area contributed by atoms with E-state index in [0.29, 0.717) is 37.5 Å². The van der Waals surface area contributed by atoms with Crippen LogP contribution in [0.3, 0.4) is 0 Å². The highest BCUT2D eigenvalue weighted by molar-refractivity contribution is 7.89. The minimum atomic E-state index is -3.60. The number of aliphatic carboxylic acids is 1. The van der Waals surface area contributed by atoms with Gasteiger partial charge >= 0.3 is 5.97 Å². The second kappa shape index (κ2) is 7.93. The van der Waals surface area contributed by atoms with Gasteiger partial charge in [0.2, 0.25) is 10.0 Å². The largest absolute Gasteiger partial charge is 0.495 e. The zero-order valence-corrected chi connectivity index (χ0v) is 15.7. The number of anilines is 1. The Kier molecular flexibility index (Phi) is 5.62. The molecule has 0 aliphatic carbocycles. The Bertz CT molecular complexity index is 890. The first-order valence-electron chi connectivity index (χ1n) is 8.46. The van der Waals surface area contributed by atoms with Gasteiger partial charge in [-0.1, -0.05) is 12.1 Å². The summed E-state index contributed by atoms with van der Waals surface area (Å²) in [7, 11) is -2.03. The molecule has 1 saturated heterocycles. The number of carboxylic acids is 1. The predicted octanol–water partition coefficient (Wildman–Crippen LogP) is 1.23. The van der Waals surface area contributed by atoms with Crippen molar-refractivity contribution in [2.75, 3.05) is 38.2 Å². The first-order valence-corrected chi connectivity index (χ1v) is 9.90. The van der Waals surface area contributed by atoms with E-state index in [9.17, 15) is 13.2 Å². The number of hydrogen-bond acceptors (Lipinski definition) is 6. The number of carbonyl (C=O) groups is 1. The molecule has 144 valence electrons. The van der Waals surface area contributed by atoms with Gasteiger partial charge in [0.1, 0.15) is 11.6 Å². The molecule has 9 heteroatoms. The van der Waals surface area contributed by atoms with Crippen molar-refractivity contribution < 1.29 is 23.1 Å². The van der Waals surface area contributed by atoms with Gasteiger partial charge in [-0.15, -0.1) is 0 Å². The van der Waals surface area contributed by atoms with Crippen molar-refractivity contribution in [3.05, 3.63) is 48.2 Å². The zero-order valence-electron chi connectivity index (χ0n) is 14.9. The first-order chi connectivity index (χ1) is 12.9. The standard InChI is InChI=1S/C18H21N3O5S/c1-26-15-4-7-17(19-13-15)20-8-10-21(11-9-20)27(24,25)16-5-2-14(3-6-16)12-18(22)23/h2-7,13H,8-12H2,1H3,(H,22,23). The molecule has 1 aromatic heterocycles. The molecule has 0 amide bonds. The molecule has 1 aliphatic heterocycles. The fourth-order valence-electron chi connectivity index (χ4n) is 2.94. The number of carboxylic acid groups (broad SMARTS) is 1. The van der Waals surface area contributed by atoms with Crippen molar-refractivity contribution in [3.8, 4) is 5.75 Å². The highest BCUT2D eigenvalue weighted by Gasteiger charge is 2.28. The molecule has 1 aliphatic rings. The minimum Gasteiger partial charge on any atom is -0.495 e. The van der Waals surface area contributed by atoms with E-state index in [-0.39, 0.29) is 11.3 Å². The van der Waals surface area contributed by atoms with Gasteiger partial charge in [0.05, 0.1) is 24.6 Å². The van der Waals surface area contributed by atoms with Crippen LogP contribution in [0.25, 0.3) is 0 Å². The molecule has 8 nitrogen and oxygen atoms in total. The summed E-state index contributed by atoms with van der Waals surface area (Å²) in [5.74, 6) is 0.506. The van der Waals surface area contributed by atoms with Gasteiger partial charge in [-0.3, -0.25) is 4.79 Å². The number of piperazine rings is 1. The summed E-state index contributed by atoms with van der Waals surface area (Å²) >= 11 is 0. The molecule has 0 saturated carbocycles. The van der Waals surface area contributed by atoms with E-state index in [2.05, 4.69) is 4.98 Å². The number of hydrogen-bond donors (Lipinski definition) is 1. The van der Waals surface area contributed by atoms with E-state index < -0.39 is 16.0 Å². The van der Waals surface area contributed by atoms with Crippen LogP contribution < -0.4 is 9.64 Å². The summed E-state index contributed by atoms with van der Waals surface area (Å²) in [5.41, 5.74) is 0.567. The average molecular weight is 391 g/mol. The summed E-state index contributed by atoms with van der Waals surface area (Å²) in [6, 6.07) is 9.68. The third-order valence-corrected chi connectivity index (χ3v) is 6.35. The predicted molar refractivity (Wildman–Crippen MR) is 99.5 cm³/mol. The zero-order chi connectivity index (χ0) is 19.4. The molecule has 1 fully saturated rings. The van der Waals surface area contributed by atoms with E-state index in [1.165, 1.54) is 16.4 Å². The van der Waals surface area contributed by atoms with Crippen LogP contribution in [0, 0.1) is 0 Å². The maximum absolute atomic E-state index is 12.8. The lowest BCUT2D eigenvalue weighted by Gasteiger charge is -2.34. The number of methoxy groups -OCH3 is 1. The molecule has 0 spiro atoms. The number of benzene rings is 1. The number of sulfonamides is 1. The van der Waals surface area contributed by atoms with Crippen molar-refractivity contribution in [1.29, 1.82) is 0 Å². The number of pyridine rings is 1. The Hall–Kier alpha value is -2.65. The van der Waals surface area contributed by atoms with Crippen molar-refractivity contribution in [3.63, 3.8) is 0 Å². The number of rotatable bonds is 6. The Balaban J connectivity index is 1.66. The molecule has 0 unspecified atom stereocenters. The molecular formula is C18H21N3O5S. The second-order valence-corrected chi connectivity index (χ2v) is 8.10. The van der Waals surface area contributed by atoms with Crippen molar-refractivity contribution >= 4 is 21.8 Å². The monoisotopic (exact) mass is 391 g/mol. The van der Waals surface area contributed by atoms with E-state index in [1.807, 2.05) is 17.0 Å². The lowest BCUT2D eigenvalue weighted by molar-refractivity contribution is -0.136. The third kappa shape index (κ3) is 4.37. The highest BCUT2D eigenvalue weighted by Crippen LogP contribution is 2.21. The molecule has 2 aromatic rings. The second-order valence-electron chi connectivity index (χ2n) is 6.16. The summed E-state index contributed by atoms with van der Waals surface area (Å²) in [4.78, 5) is 17.3.